The quantitative estimate of drug-likeness (QED) is 0.342. The van der Waals surface area contributed by atoms with Crippen LogP contribution in [0.3, 0.4) is 0 Å². The molecule has 0 saturated carbocycles. The molecule has 0 spiro atoms. The zero-order valence-corrected chi connectivity index (χ0v) is 15.6. The van der Waals surface area contributed by atoms with Crippen LogP contribution >= 0.6 is 0 Å². The molecule has 2 aromatic carbocycles. The van der Waals surface area contributed by atoms with Crippen LogP contribution in [0.2, 0.25) is 0 Å². The first kappa shape index (κ1) is 18.4. The van der Waals surface area contributed by atoms with Crippen molar-refractivity contribution < 1.29 is 4.92 Å². The monoisotopic (exact) mass is 390 g/mol. The average molecular weight is 390 g/mol. The van der Waals surface area contributed by atoms with Crippen molar-refractivity contribution in [3.05, 3.63) is 80.4 Å². The summed E-state index contributed by atoms with van der Waals surface area (Å²) in [7, 11) is 0. The van der Waals surface area contributed by atoms with Gasteiger partial charge in [-0.3, -0.25) is 10.1 Å². The smallest absolute Gasteiger partial charge is 0.323 e. The molecule has 2 heterocycles. The Bertz CT molecular complexity index is 1240. The maximum Gasteiger partial charge on any atom is 0.323 e. The van der Waals surface area contributed by atoms with Gasteiger partial charge in [0, 0.05) is 36.0 Å². The number of nitro benzene ring substituents is 1. The highest BCUT2D eigenvalue weighted by Crippen LogP contribution is 2.22. The predicted octanol–water partition coefficient (Wildman–Crippen LogP) is 3.40. The van der Waals surface area contributed by atoms with Gasteiger partial charge in [-0.2, -0.15) is 0 Å². The molecule has 0 amide bonds. The number of fused-ring (bicyclic) bond motifs is 1. The molecule has 0 aliphatic carbocycles. The fraction of sp³-hybridized carbons (Fsp3) is 0.150. The van der Waals surface area contributed by atoms with E-state index in [0.29, 0.717) is 23.8 Å². The molecule has 4 aromatic rings. The number of rotatable bonds is 6. The zero-order valence-electron chi connectivity index (χ0n) is 15.6. The van der Waals surface area contributed by atoms with Gasteiger partial charge in [0.25, 0.3) is 5.69 Å². The molecule has 0 atom stereocenters. The van der Waals surface area contributed by atoms with Gasteiger partial charge in [-0.15, -0.1) is 0 Å². The summed E-state index contributed by atoms with van der Waals surface area (Å²) in [6, 6.07) is 13.7. The topological polar surface area (TPSA) is 130 Å². The fourth-order valence-electron chi connectivity index (χ4n) is 3.01. The lowest BCUT2D eigenvalue weighted by atomic mass is 10.2. The average Bonchev–Trinajstić information content (AvgIpc) is 3.11. The second-order valence-corrected chi connectivity index (χ2v) is 6.54. The lowest BCUT2D eigenvalue weighted by molar-refractivity contribution is -0.384. The number of benzene rings is 2. The van der Waals surface area contributed by atoms with Crippen LogP contribution in [0.25, 0.3) is 22.4 Å². The molecular formula is C20H18N6O3. The fourth-order valence-corrected chi connectivity index (χ4v) is 3.01. The second-order valence-electron chi connectivity index (χ2n) is 6.54. The first-order valence-electron chi connectivity index (χ1n) is 9.09. The molecule has 4 rings (SSSR count). The number of hydrogen-bond donors (Lipinski definition) is 3. The summed E-state index contributed by atoms with van der Waals surface area (Å²) in [6.07, 6.45) is 0.730. The summed E-state index contributed by atoms with van der Waals surface area (Å²) >= 11 is 0. The molecular weight excluding hydrogens is 372 g/mol. The Labute approximate surface area is 165 Å². The van der Waals surface area contributed by atoms with Crippen molar-refractivity contribution in [1.82, 2.24) is 19.9 Å². The molecule has 2 aromatic heterocycles. The highest BCUT2D eigenvalue weighted by molar-refractivity contribution is 5.75. The number of non-ortho nitro benzene ring substituents is 1. The first-order valence-corrected chi connectivity index (χ1v) is 9.09. The minimum Gasteiger partial charge on any atom is -0.366 e. The van der Waals surface area contributed by atoms with Crippen LogP contribution < -0.4 is 11.0 Å². The van der Waals surface area contributed by atoms with Crippen molar-refractivity contribution in [1.29, 1.82) is 0 Å². The van der Waals surface area contributed by atoms with Gasteiger partial charge >= 0.3 is 5.69 Å². The number of hydrogen-bond acceptors (Lipinski definition) is 6. The molecule has 0 unspecified atom stereocenters. The molecule has 0 aliphatic rings. The Morgan fingerprint density at radius 3 is 2.52 bits per heavy atom. The number of nitro groups is 1. The van der Waals surface area contributed by atoms with Gasteiger partial charge in [0.1, 0.15) is 5.82 Å². The minimum atomic E-state index is -0.436. The third-order valence-corrected chi connectivity index (χ3v) is 4.53. The molecule has 0 fully saturated rings. The van der Waals surface area contributed by atoms with Crippen LogP contribution in [-0.2, 0) is 13.0 Å². The van der Waals surface area contributed by atoms with E-state index in [1.54, 1.807) is 12.1 Å². The van der Waals surface area contributed by atoms with Crippen molar-refractivity contribution in [2.75, 3.05) is 5.32 Å². The lowest BCUT2D eigenvalue weighted by Gasteiger charge is -2.10. The van der Waals surface area contributed by atoms with Gasteiger partial charge < -0.3 is 15.3 Å². The summed E-state index contributed by atoms with van der Waals surface area (Å²) < 4.78 is 0. The normalized spacial score (nSPS) is 10.9. The number of aromatic amines is 2. The van der Waals surface area contributed by atoms with Crippen LogP contribution in [-0.4, -0.2) is 24.9 Å². The Morgan fingerprint density at radius 2 is 1.79 bits per heavy atom. The third kappa shape index (κ3) is 3.98. The first-order chi connectivity index (χ1) is 14.0. The molecule has 29 heavy (non-hydrogen) atoms. The molecule has 9 heteroatoms. The maximum absolute atomic E-state index is 11.4. The van der Waals surface area contributed by atoms with Crippen LogP contribution in [0, 0.1) is 10.1 Å². The van der Waals surface area contributed by atoms with E-state index in [0.717, 1.165) is 28.7 Å². The van der Waals surface area contributed by atoms with E-state index in [1.807, 2.05) is 31.2 Å². The highest BCUT2D eigenvalue weighted by Gasteiger charge is 2.10. The standard InChI is InChI=1S/C20H18N6O3/c1-2-14-10-18(21-11-12-3-8-16-17(9-12)24-20(27)23-16)25-19(22-14)13-4-6-15(7-5-13)26(28)29/h3-10H,2,11H2,1H3,(H,21,22,25)(H2,23,24,27). The van der Waals surface area contributed by atoms with Crippen molar-refractivity contribution in [2.24, 2.45) is 0 Å². The molecule has 0 saturated heterocycles. The Morgan fingerprint density at radius 1 is 1.03 bits per heavy atom. The van der Waals surface area contributed by atoms with Gasteiger partial charge in [0.05, 0.1) is 16.0 Å². The highest BCUT2D eigenvalue weighted by atomic mass is 16.6. The molecule has 146 valence electrons. The van der Waals surface area contributed by atoms with Gasteiger partial charge in [-0.05, 0) is 36.2 Å². The predicted molar refractivity (Wildman–Crippen MR) is 110 cm³/mol. The summed E-state index contributed by atoms with van der Waals surface area (Å²) in [6.45, 7) is 2.52. The SMILES string of the molecule is CCc1cc(NCc2ccc3[nH]c(=O)[nH]c3c2)nc(-c2ccc([N+](=O)[O-])cc2)n1. The number of anilines is 1. The number of nitrogens with one attached hydrogen (secondary N) is 3. The van der Waals surface area contributed by atoms with Crippen molar-refractivity contribution in [2.45, 2.75) is 19.9 Å². The molecule has 0 bridgehead atoms. The zero-order chi connectivity index (χ0) is 20.4. The maximum atomic E-state index is 11.4. The third-order valence-electron chi connectivity index (χ3n) is 4.53. The number of nitrogens with zero attached hydrogens (tertiary/aromatic N) is 3. The Hall–Kier alpha value is -4.01. The molecule has 0 radical (unpaired) electrons. The molecule has 3 N–H and O–H groups in total. The van der Waals surface area contributed by atoms with E-state index in [-0.39, 0.29) is 11.4 Å². The van der Waals surface area contributed by atoms with E-state index < -0.39 is 4.92 Å². The van der Waals surface area contributed by atoms with Crippen molar-refractivity contribution in [3.63, 3.8) is 0 Å². The van der Waals surface area contributed by atoms with Gasteiger partial charge in [-0.25, -0.2) is 14.8 Å². The van der Waals surface area contributed by atoms with E-state index in [2.05, 4.69) is 25.3 Å². The minimum absolute atomic E-state index is 0.0249. The number of imidazole rings is 1. The lowest BCUT2D eigenvalue weighted by Crippen LogP contribution is -2.05. The van der Waals surface area contributed by atoms with Gasteiger partial charge in [-0.1, -0.05) is 13.0 Å². The summed E-state index contributed by atoms with van der Waals surface area (Å²) in [5.41, 5.74) is 3.85. The van der Waals surface area contributed by atoms with Crippen LogP contribution in [0.5, 0.6) is 0 Å². The number of aromatic nitrogens is 4. The van der Waals surface area contributed by atoms with E-state index >= 15 is 0 Å². The van der Waals surface area contributed by atoms with E-state index in [1.165, 1.54) is 12.1 Å². The van der Waals surface area contributed by atoms with Crippen LogP contribution in [0.4, 0.5) is 11.5 Å². The number of H-pyrrole nitrogens is 2. The van der Waals surface area contributed by atoms with E-state index in [9.17, 15) is 14.9 Å². The second kappa shape index (κ2) is 7.55. The number of aryl methyl sites for hydroxylation is 1. The largest absolute Gasteiger partial charge is 0.366 e. The van der Waals surface area contributed by atoms with Crippen molar-refractivity contribution in [3.8, 4) is 11.4 Å². The van der Waals surface area contributed by atoms with E-state index in [4.69, 9.17) is 0 Å². The molecule has 9 nitrogen and oxygen atoms in total. The Kier molecular flexibility index (Phi) is 4.78. The van der Waals surface area contributed by atoms with Gasteiger partial charge in [0.2, 0.25) is 0 Å². The summed E-state index contributed by atoms with van der Waals surface area (Å²) in [5, 5.41) is 14.1. The summed E-state index contributed by atoms with van der Waals surface area (Å²) in [5.74, 6) is 1.17. The molecule has 0 aliphatic heterocycles. The van der Waals surface area contributed by atoms with Crippen molar-refractivity contribution >= 4 is 22.5 Å². The van der Waals surface area contributed by atoms with Crippen LogP contribution in [0.15, 0.2) is 53.3 Å². The summed E-state index contributed by atoms with van der Waals surface area (Å²) in [4.78, 5) is 36.4. The Balaban J connectivity index is 1.58. The van der Waals surface area contributed by atoms with Gasteiger partial charge in [0.15, 0.2) is 5.82 Å². The van der Waals surface area contributed by atoms with Crippen LogP contribution in [0.1, 0.15) is 18.2 Å².